The first-order valence-corrected chi connectivity index (χ1v) is 6.34. The molecule has 0 aliphatic heterocycles. The molecule has 0 saturated carbocycles. The number of ether oxygens (including phenoxy) is 1. The SMILES string of the molecule is O[C@H](CCl)c1ccccc1OCc1ccccc1. The number of alkyl halides is 1. The summed E-state index contributed by atoms with van der Waals surface area (Å²) >= 11 is 5.67. The molecule has 2 aromatic carbocycles. The lowest BCUT2D eigenvalue weighted by molar-refractivity contribution is 0.193. The third kappa shape index (κ3) is 3.25. The van der Waals surface area contributed by atoms with Crippen molar-refractivity contribution in [3.8, 4) is 5.75 Å². The Hall–Kier alpha value is -1.51. The minimum absolute atomic E-state index is 0.158. The second kappa shape index (κ2) is 6.43. The van der Waals surface area contributed by atoms with Gasteiger partial charge in [-0.15, -0.1) is 11.6 Å². The van der Waals surface area contributed by atoms with E-state index in [0.29, 0.717) is 12.4 Å². The van der Waals surface area contributed by atoms with Crippen molar-refractivity contribution in [3.63, 3.8) is 0 Å². The van der Waals surface area contributed by atoms with E-state index >= 15 is 0 Å². The number of para-hydroxylation sites is 1. The summed E-state index contributed by atoms with van der Waals surface area (Å²) < 4.78 is 5.73. The van der Waals surface area contributed by atoms with Gasteiger partial charge in [0.25, 0.3) is 0 Å². The maximum absolute atomic E-state index is 9.80. The highest BCUT2D eigenvalue weighted by Gasteiger charge is 2.11. The lowest BCUT2D eigenvalue weighted by Gasteiger charge is -2.14. The standard InChI is InChI=1S/C15H15ClO2/c16-10-14(17)13-8-4-5-9-15(13)18-11-12-6-2-1-3-7-12/h1-9,14,17H,10-11H2/t14-/m1/s1. The van der Waals surface area contributed by atoms with E-state index in [-0.39, 0.29) is 5.88 Å². The van der Waals surface area contributed by atoms with Crippen molar-refractivity contribution in [2.45, 2.75) is 12.7 Å². The van der Waals surface area contributed by atoms with Gasteiger partial charge >= 0.3 is 0 Å². The summed E-state index contributed by atoms with van der Waals surface area (Å²) in [6.45, 7) is 0.479. The number of halogens is 1. The average molecular weight is 263 g/mol. The molecule has 0 saturated heterocycles. The lowest BCUT2D eigenvalue weighted by atomic mass is 10.1. The third-order valence-corrected chi connectivity index (χ3v) is 2.95. The quantitative estimate of drug-likeness (QED) is 0.836. The molecule has 94 valence electrons. The maximum Gasteiger partial charge on any atom is 0.125 e. The lowest BCUT2D eigenvalue weighted by Crippen LogP contribution is -2.03. The molecule has 1 N–H and O–H groups in total. The van der Waals surface area contributed by atoms with Crippen molar-refractivity contribution in [2.75, 3.05) is 5.88 Å². The molecular formula is C15H15ClO2. The molecule has 2 nitrogen and oxygen atoms in total. The third-order valence-electron chi connectivity index (χ3n) is 2.66. The Morgan fingerprint density at radius 2 is 1.67 bits per heavy atom. The van der Waals surface area contributed by atoms with E-state index in [2.05, 4.69) is 0 Å². The smallest absolute Gasteiger partial charge is 0.125 e. The molecule has 0 bridgehead atoms. The molecule has 0 amide bonds. The second-order valence-corrected chi connectivity index (χ2v) is 4.29. The number of aliphatic hydroxyl groups is 1. The number of benzene rings is 2. The second-order valence-electron chi connectivity index (χ2n) is 3.98. The van der Waals surface area contributed by atoms with Crippen LogP contribution in [0.4, 0.5) is 0 Å². The molecule has 0 aliphatic carbocycles. The van der Waals surface area contributed by atoms with Gasteiger partial charge in [0.05, 0.1) is 12.0 Å². The van der Waals surface area contributed by atoms with Crippen LogP contribution in [0.2, 0.25) is 0 Å². The van der Waals surface area contributed by atoms with Crippen LogP contribution in [0.5, 0.6) is 5.75 Å². The van der Waals surface area contributed by atoms with Gasteiger partial charge in [-0.3, -0.25) is 0 Å². The summed E-state index contributed by atoms with van der Waals surface area (Å²) in [7, 11) is 0. The number of hydrogen-bond acceptors (Lipinski definition) is 2. The van der Waals surface area contributed by atoms with Crippen molar-refractivity contribution in [3.05, 3.63) is 65.7 Å². The Balaban J connectivity index is 2.10. The van der Waals surface area contributed by atoms with Crippen LogP contribution in [0.15, 0.2) is 54.6 Å². The number of aliphatic hydroxyl groups excluding tert-OH is 1. The molecule has 0 radical (unpaired) electrons. The predicted octanol–water partition coefficient (Wildman–Crippen LogP) is 3.54. The van der Waals surface area contributed by atoms with E-state index in [1.54, 1.807) is 0 Å². The summed E-state index contributed by atoms with van der Waals surface area (Å²) in [5.74, 6) is 0.834. The van der Waals surface area contributed by atoms with Gasteiger partial charge in [-0.2, -0.15) is 0 Å². The monoisotopic (exact) mass is 262 g/mol. The van der Waals surface area contributed by atoms with Crippen molar-refractivity contribution < 1.29 is 9.84 Å². The highest BCUT2D eigenvalue weighted by Crippen LogP contribution is 2.26. The van der Waals surface area contributed by atoms with Gasteiger partial charge < -0.3 is 9.84 Å². The zero-order chi connectivity index (χ0) is 12.8. The first-order valence-electron chi connectivity index (χ1n) is 5.81. The van der Waals surface area contributed by atoms with E-state index in [1.807, 2.05) is 54.6 Å². The van der Waals surface area contributed by atoms with Gasteiger partial charge in [0, 0.05) is 5.56 Å². The summed E-state index contributed by atoms with van der Waals surface area (Å²) in [5, 5.41) is 9.80. The predicted molar refractivity (Wildman–Crippen MR) is 72.9 cm³/mol. The summed E-state index contributed by atoms with van der Waals surface area (Å²) in [6, 6.07) is 17.3. The highest BCUT2D eigenvalue weighted by molar-refractivity contribution is 6.18. The molecule has 0 fully saturated rings. The van der Waals surface area contributed by atoms with Crippen molar-refractivity contribution >= 4 is 11.6 Å². The van der Waals surface area contributed by atoms with Crippen LogP contribution in [0.3, 0.4) is 0 Å². The summed E-state index contributed by atoms with van der Waals surface area (Å²) in [4.78, 5) is 0. The van der Waals surface area contributed by atoms with Gasteiger partial charge in [0.15, 0.2) is 0 Å². The molecule has 1 atom stereocenters. The Kier molecular flexibility index (Phi) is 4.62. The molecule has 0 unspecified atom stereocenters. The van der Waals surface area contributed by atoms with E-state index in [9.17, 15) is 5.11 Å². The van der Waals surface area contributed by atoms with Gasteiger partial charge in [0.2, 0.25) is 0 Å². The van der Waals surface area contributed by atoms with Crippen LogP contribution in [-0.4, -0.2) is 11.0 Å². The van der Waals surface area contributed by atoms with Crippen LogP contribution < -0.4 is 4.74 Å². The molecular weight excluding hydrogens is 248 g/mol. The van der Waals surface area contributed by atoms with Crippen molar-refractivity contribution in [1.82, 2.24) is 0 Å². The number of rotatable bonds is 5. The van der Waals surface area contributed by atoms with Gasteiger partial charge in [-0.05, 0) is 11.6 Å². The minimum Gasteiger partial charge on any atom is -0.489 e. The Morgan fingerprint density at radius 3 is 2.39 bits per heavy atom. The minimum atomic E-state index is -0.696. The largest absolute Gasteiger partial charge is 0.489 e. The fourth-order valence-electron chi connectivity index (χ4n) is 1.71. The van der Waals surface area contributed by atoms with Gasteiger partial charge in [0.1, 0.15) is 12.4 Å². The molecule has 2 rings (SSSR count). The molecule has 3 heteroatoms. The fourth-order valence-corrected chi connectivity index (χ4v) is 1.87. The Morgan fingerprint density at radius 1 is 1.00 bits per heavy atom. The molecule has 0 spiro atoms. The molecule has 0 aliphatic rings. The molecule has 0 heterocycles. The topological polar surface area (TPSA) is 29.5 Å². The average Bonchev–Trinajstić information content (AvgIpc) is 2.45. The summed E-state index contributed by atoms with van der Waals surface area (Å²) in [6.07, 6.45) is -0.696. The van der Waals surface area contributed by atoms with Gasteiger partial charge in [-0.1, -0.05) is 48.5 Å². The zero-order valence-corrected chi connectivity index (χ0v) is 10.7. The number of hydrogen-bond donors (Lipinski definition) is 1. The molecule has 0 aromatic heterocycles. The maximum atomic E-state index is 9.80. The molecule has 2 aromatic rings. The Bertz CT molecular complexity index is 485. The van der Waals surface area contributed by atoms with Crippen LogP contribution in [0.25, 0.3) is 0 Å². The fraction of sp³-hybridized carbons (Fsp3) is 0.200. The zero-order valence-electron chi connectivity index (χ0n) is 9.92. The van der Waals surface area contributed by atoms with Crippen LogP contribution >= 0.6 is 11.6 Å². The Labute approximate surface area is 112 Å². The van der Waals surface area contributed by atoms with E-state index in [0.717, 1.165) is 11.1 Å². The van der Waals surface area contributed by atoms with Crippen LogP contribution in [-0.2, 0) is 6.61 Å². The van der Waals surface area contributed by atoms with E-state index in [1.165, 1.54) is 0 Å². The van der Waals surface area contributed by atoms with E-state index in [4.69, 9.17) is 16.3 Å². The normalized spacial score (nSPS) is 12.1. The first kappa shape index (κ1) is 12.9. The highest BCUT2D eigenvalue weighted by atomic mass is 35.5. The molecule has 18 heavy (non-hydrogen) atoms. The van der Waals surface area contributed by atoms with Crippen molar-refractivity contribution in [1.29, 1.82) is 0 Å². The first-order chi connectivity index (χ1) is 8.81. The van der Waals surface area contributed by atoms with Gasteiger partial charge in [-0.25, -0.2) is 0 Å². The van der Waals surface area contributed by atoms with Crippen LogP contribution in [0.1, 0.15) is 17.2 Å². The van der Waals surface area contributed by atoms with Crippen LogP contribution in [0, 0.1) is 0 Å². The van der Waals surface area contributed by atoms with Crippen molar-refractivity contribution in [2.24, 2.45) is 0 Å². The van der Waals surface area contributed by atoms with E-state index < -0.39 is 6.10 Å². The summed E-state index contributed by atoms with van der Waals surface area (Å²) in [5.41, 5.74) is 1.82.